The van der Waals surface area contributed by atoms with Crippen LogP contribution in [0.1, 0.15) is 62.5 Å². The Bertz CT molecular complexity index is 1230. The number of carbonyl (C=O) groups excluding carboxylic acids is 2. The fourth-order valence-corrected chi connectivity index (χ4v) is 4.17. The van der Waals surface area contributed by atoms with Gasteiger partial charge in [-0.25, -0.2) is 14.8 Å². The number of pyridine rings is 1. The van der Waals surface area contributed by atoms with Crippen LogP contribution in [0.2, 0.25) is 0 Å². The van der Waals surface area contributed by atoms with Gasteiger partial charge in [-0.2, -0.15) is 5.26 Å². The molecule has 4 rings (SSSR count). The number of benzene rings is 1. The number of alkyl carbamates (subject to hydrolysis) is 1. The SMILES string of the molecule is CC(C)(C)OC(=O)NC1CCC(NC(=O)c2nc(-n3ccnc3)cc3c(C#N)cccc23)CC1. The summed E-state index contributed by atoms with van der Waals surface area (Å²) in [5.74, 6) is 0.230. The number of imidazole rings is 1. The number of ether oxygens (including phenoxy) is 1. The molecule has 9 heteroatoms. The summed E-state index contributed by atoms with van der Waals surface area (Å²) < 4.78 is 7.04. The van der Waals surface area contributed by atoms with Crippen molar-refractivity contribution in [3.05, 3.63) is 54.2 Å². The highest BCUT2D eigenvalue weighted by molar-refractivity contribution is 6.07. The van der Waals surface area contributed by atoms with Gasteiger partial charge in [0.05, 0.1) is 11.6 Å². The maximum absolute atomic E-state index is 13.3. The predicted molar refractivity (Wildman–Crippen MR) is 126 cm³/mol. The van der Waals surface area contributed by atoms with Crippen molar-refractivity contribution >= 4 is 22.8 Å². The van der Waals surface area contributed by atoms with Crippen LogP contribution in [0.5, 0.6) is 0 Å². The van der Waals surface area contributed by atoms with Crippen LogP contribution in [-0.4, -0.2) is 44.2 Å². The molecule has 0 aliphatic heterocycles. The molecular weight excluding hydrogens is 432 g/mol. The number of aromatic nitrogens is 3. The molecule has 2 N–H and O–H groups in total. The van der Waals surface area contributed by atoms with Crippen LogP contribution in [0.15, 0.2) is 43.0 Å². The Morgan fingerprint density at radius 2 is 1.82 bits per heavy atom. The lowest BCUT2D eigenvalue weighted by atomic mass is 9.91. The number of rotatable bonds is 4. The highest BCUT2D eigenvalue weighted by atomic mass is 16.6. The van der Waals surface area contributed by atoms with Gasteiger partial charge in [0.2, 0.25) is 0 Å². The van der Waals surface area contributed by atoms with Gasteiger partial charge >= 0.3 is 6.09 Å². The van der Waals surface area contributed by atoms with Crippen LogP contribution in [-0.2, 0) is 4.74 Å². The van der Waals surface area contributed by atoms with E-state index in [1.807, 2.05) is 20.8 Å². The van der Waals surface area contributed by atoms with E-state index in [9.17, 15) is 14.9 Å². The number of hydrogen-bond acceptors (Lipinski definition) is 6. The number of fused-ring (bicyclic) bond motifs is 1. The molecule has 1 aliphatic carbocycles. The Morgan fingerprint density at radius 1 is 1.12 bits per heavy atom. The van der Waals surface area contributed by atoms with E-state index in [1.165, 1.54) is 0 Å². The maximum atomic E-state index is 13.3. The summed E-state index contributed by atoms with van der Waals surface area (Å²) in [6.07, 6.45) is 7.50. The second kappa shape index (κ2) is 9.51. The second-order valence-corrected chi connectivity index (χ2v) is 9.48. The van der Waals surface area contributed by atoms with Gasteiger partial charge in [0.15, 0.2) is 0 Å². The van der Waals surface area contributed by atoms with Gasteiger partial charge in [0, 0.05) is 35.2 Å². The van der Waals surface area contributed by atoms with Crippen LogP contribution in [0.4, 0.5) is 4.79 Å². The van der Waals surface area contributed by atoms with E-state index in [2.05, 4.69) is 26.7 Å². The topological polar surface area (TPSA) is 122 Å². The molecule has 1 saturated carbocycles. The molecule has 1 aliphatic rings. The van der Waals surface area contributed by atoms with Crippen molar-refractivity contribution in [3.63, 3.8) is 0 Å². The Balaban J connectivity index is 1.49. The summed E-state index contributed by atoms with van der Waals surface area (Å²) in [5, 5.41) is 16.9. The minimum absolute atomic E-state index is 0.0183. The minimum Gasteiger partial charge on any atom is -0.444 e. The van der Waals surface area contributed by atoms with Gasteiger partial charge in [0.25, 0.3) is 5.91 Å². The molecule has 3 aromatic rings. The van der Waals surface area contributed by atoms with Gasteiger partial charge in [0.1, 0.15) is 23.4 Å². The molecule has 0 bridgehead atoms. The van der Waals surface area contributed by atoms with Crippen molar-refractivity contribution in [3.8, 4) is 11.9 Å². The van der Waals surface area contributed by atoms with Crippen molar-refractivity contribution in [2.75, 3.05) is 0 Å². The predicted octanol–water partition coefficient (Wildman–Crippen LogP) is 3.86. The highest BCUT2D eigenvalue weighted by Crippen LogP contribution is 2.25. The van der Waals surface area contributed by atoms with E-state index in [4.69, 9.17) is 4.74 Å². The van der Waals surface area contributed by atoms with Crippen LogP contribution in [0.3, 0.4) is 0 Å². The van der Waals surface area contributed by atoms with Gasteiger partial charge in [-0.15, -0.1) is 0 Å². The molecule has 2 aromatic heterocycles. The molecule has 0 spiro atoms. The zero-order valence-electron chi connectivity index (χ0n) is 19.5. The summed E-state index contributed by atoms with van der Waals surface area (Å²) in [6, 6.07) is 9.25. The fourth-order valence-electron chi connectivity index (χ4n) is 4.17. The third kappa shape index (κ3) is 5.34. The Labute approximate surface area is 198 Å². The lowest BCUT2D eigenvalue weighted by molar-refractivity contribution is 0.0488. The molecule has 2 amide bonds. The smallest absolute Gasteiger partial charge is 0.407 e. The molecule has 2 heterocycles. The molecule has 1 aromatic carbocycles. The number of hydrogen-bond donors (Lipinski definition) is 2. The van der Waals surface area contributed by atoms with Gasteiger partial charge in [-0.1, -0.05) is 12.1 Å². The molecule has 0 unspecified atom stereocenters. The first-order valence-corrected chi connectivity index (χ1v) is 11.4. The Hall–Kier alpha value is -3.93. The normalized spacial score (nSPS) is 18.2. The van der Waals surface area contributed by atoms with E-state index >= 15 is 0 Å². The zero-order chi connectivity index (χ0) is 24.3. The number of nitrogens with one attached hydrogen (secondary N) is 2. The van der Waals surface area contributed by atoms with Gasteiger partial charge < -0.3 is 15.4 Å². The summed E-state index contributed by atoms with van der Waals surface area (Å²) in [4.78, 5) is 34.0. The molecular formula is C25H28N6O3. The van der Waals surface area contributed by atoms with Crippen molar-refractivity contribution in [2.45, 2.75) is 64.1 Å². The Morgan fingerprint density at radius 3 is 2.44 bits per heavy atom. The van der Waals surface area contributed by atoms with Crippen molar-refractivity contribution in [1.82, 2.24) is 25.2 Å². The number of nitrogens with zero attached hydrogens (tertiary/aromatic N) is 4. The number of carbonyl (C=O) groups is 2. The molecule has 0 atom stereocenters. The zero-order valence-corrected chi connectivity index (χ0v) is 19.5. The van der Waals surface area contributed by atoms with E-state index < -0.39 is 11.7 Å². The summed E-state index contributed by atoms with van der Waals surface area (Å²) >= 11 is 0. The molecule has 0 saturated heterocycles. The minimum atomic E-state index is -0.540. The first-order valence-electron chi connectivity index (χ1n) is 11.4. The van der Waals surface area contributed by atoms with Gasteiger partial charge in [-0.3, -0.25) is 9.36 Å². The van der Waals surface area contributed by atoms with Crippen LogP contribution in [0.25, 0.3) is 16.6 Å². The van der Waals surface area contributed by atoms with Crippen LogP contribution >= 0.6 is 0 Å². The van der Waals surface area contributed by atoms with Crippen molar-refractivity contribution < 1.29 is 14.3 Å². The quantitative estimate of drug-likeness (QED) is 0.610. The third-order valence-electron chi connectivity index (χ3n) is 5.75. The average Bonchev–Trinajstić information content (AvgIpc) is 3.33. The third-order valence-corrected chi connectivity index (χ3v) is 5.75. The monoisotopic (exact) mass is 460 g/mol. The lowest BCUT2D eigenvalue weighted by Crippen LogP contribution is -2.45. The summed E-state index contributed by atoms with van der Waals surface area (Å²) in [5.41, 5.74) is 0.207. The Kier molecular flexibility index (Phi) is 6.50. The molecule has 1 fully saturated rings. The van der Waals surface area contributed by atoms with E-state index in [0.29, 0.717) is 22.2 Å². The largest absolute Gasteiger partial charge is 0.444 e. The molecule has 9 nitrogen and oxygen atoms in total. The number of amides is 2. The highest BCUT2D eigenvalue weighted by Gasteiger charge is 2.27. The summed E-state index contributed by atoms with van der Waals surface area (Å²) in [7, 11) is 0. The maximum Gasteiger partial charge on any atom is 0.407 e. The first-order chi connectivity index (χ1) is 16.2. The van der Waals surface area contributed by atoms with Crippen molar-refractivity contribution in [1.29, 1.82) is 5.26 Å². The number of nitriles is 1. The standard InChI is InChI=1S/C25H28N6O3/c1-25(2,3)34-24(33)29-18-9-7-17(8-10-18)28-23(32)22-19-6-4-5-16(14-26)20(19)13-21(30-22)31-12-11-27-15-31/h4-6,11-13,15,17-18H,7-10H2,1-3H3,(H,28,32)(H,29,33). The molecule has 0 radical (unpaired) electrons. The van der Waals surface area contributed by atoms with Gasteiger partial charge in [-0.05, 0) is 58.6 Å². The van der Waals surface area contributed by atoms with Crippen LogP contribution < -0.4 is 10.6 Å². The second-order valence-electron chi connectivity index (χ2n) is 9.48. The van der Waals surface area contributed by atoms with E-state index in [0.717, 1.165) is 25.7 Å². The fraction of sp³-hybridized carbons (Fsp3) is 0.400. The van der Waals surface area contributed by atoms with Crippen molar-refractivity contribution in [2.24, 2.45) is 0 Å². The van der Waals surface area contributed by atoms with E-state index in [1.54, 1.807) is 47.6 Å². The van der Waals surface area contributed by atoms with E-state index in [-0.39, 0.29) is 23.7 Å². The first kappa shape index (κ1) is 23.2. The molecule has 176 valence electrons. The lowest BCUT2D eigenvalue weighted by Gasteiger charge is -2.30. The molecule has 34 heavy (non-hydrogen) atoms. The summed E-state index contributed by atoms with van der Waals surface area (Å²) in [6.45, 7) is 5.49. The van der Waals surface area contributed by atoms with Crippen LogP contribution in [0, 0.1) is 11.3 Å². The average molecular weight is 461 g/mol.